The molecule has 0 unspecified atom stereocenters. The normalized spacial score (nSPS) is 26.6. The first-order chi connectivity index (χ1) is 17.5. The van der Waals surface area contributed by atoms with Crippen molar-refractivity contribution < 1.29 is 9.59 Å². The van der Waals surface area contributed by atoms with Crippen molar-refractivity contribution in [1.82, 2.24) is 5.32 Å². The molecule has 4 nitrogen and oxygen atoms in total. The molecule has 0 aliphatic heterocycles. The van der Waals surface area contributed by atoms with Crippen molar-refractivity contribution in [3.8, 4) is 0 Å². The second kappa shape index (κ2) is 9.36. The summed E-state index contributed by atoms with van der Waals surface area (Å²) in [5.41, 5.74) is 4.34. The molecule has 4 aliphatic rings. The monoisotopic (exact) mass is 496 g/mol. The van der Waals surface area contributed by atoms with E-state index in [4.69, 9.17) is 0 Å². The highest BCUT2D eigenvalue weighted by Gasteiger charge is 2.51. The van der Waals surface area contributed by atoms with Gasteiger partial charge in [0.05, 0.1) is 0 Å². The van der Waals surface area contributed by atoms with Crippen LogP contribution in [0.15, 0.2) is 71.7 Å². The zero-order valence-corrected chi connectivity index (χ0v) is 21.4. The van der Waals surface area contributed by atoms with Crippen molar-refractivity contribution in [2.75, 3.05) is 5.32 Å². The lowest BCUT2D eigenvalue weighted by molar-refractivity contribution is -0.113. The summed E-state index contributed by atoms with van der Waals surface area (Å²) in [7, 11) is 0. The highest BCUT2D eigenvalue weighted by molar-refractivity contribution is 7.10. The number of thiophene rings is 1. The Morgan fingerprint density at radius 2 is 1.53 bits per heavy atom. The quantitative estimate of drug-likeness (QED) is 0.363. The molecule has 5 heteroatoms. The molecule has 1 aromatic heterocycles. The minimum atomic E-state index is -0.327. The summed E-state index contributed by atoms with van der Waals surface area (Å²) < 4.78 is 0. The molecule has 0 saturated heterocycles. The molecule has 0 atom stereocenters. The maximum absolute atomic E-state index is 13.3. The number of aryl methyl sites for hydroxylation is 1. The Labute approximate surface area is 216 Å². The second-order valence-corrected chi connectivity index (χ2v) is 12.1. The van der Waals surface area contributed by atoms with Crippen LogP contribution in [0.5, 0.6) is 0 Å². The average molecular weight is 497 g/mol. The molecule has 4 fully saturated rings. The molecular formula is C31H32N2O2S. The Morgan fingerprint density at radius 1 is 0.889 bits per heavy atom. The first kappa shape index (κ1) is 23.2. The molecule has 2 aromatic carbocycles. The van der Waals surface area contributed by atoms with E-state index in [1.165, 1.54) is 55.4 Å². The fourth-order valence-electron chi connectivity index (χ4n) is 7.14. The molecule has 3 aromatic rings. The Bertz CT molecular complexity index is 1250. The van der Waals surface area contributed by atoms with E-state index in [1.807, 2.05) is 48.7 Å². The van der Waals surface area contributed by atoms with E-state index >= 15 is 0 Å². The molecule has 4 saturated carbocycles. The van der Waals surface area contributed by atoms with Gasteiger partial charge in [0.25, 0.3) is 11.8 Å². The van der Waals surface area contributed by atoms with E-state index in [-0.39, 0.29) is 17.5 Å². The summed E-state index contributed by atoms with van der Waals surface area (Å²) >= 11 is 1.52. The van der Waals surface area contributed by atoms with Gasteiger partial charge in [-0.1, -0.05) is 35.9 Å². The second-order valence-electron chi connectivity index (χ2n) is 11.1. The summed E-state index contributed by atoms with van der Waals surface area (Å²) in [6.07, 6.45) is 10.00. The maximum atomic E-state index is 13.3. The van der Waals surface area contributed by atoms with Crippen LogP contribution in [0.3, 0.4) is 0 Å². The minimum absolute atomic E-state index is 0.230. The van der Waals surface area contributed by atoms with Crippen LogP contribution in [-0.4, -0.2) is 11.8 Å². The van der Waals surface area contributed by atoms with Gasteiger partial charge < -0.3 is 10.6 Å². The SMILES string of the molecule is Cc1ccc(C(=O)N/C(=C\c2cccs2)C(=O)Nc2ccc(C34CC5CC(CC(C5)C3)C4)cc2)cc1. The van der Waals surface area contributed by atoms with Gasteiger partial charge in [0.2, 0.25) is 0 Å². The van der Waals surface area contributed by atoms with E-state index in [0.717, 1.165) is 33.9 Å². The van der Waals surface area contributed by atoms with Crippen LogP contribution >= 0.6 is 11.3 Å². The van der Waals surface area contributed by atoms with Crippen LogP contribution in [0.2, 0.25) is 0 Å². The number of nitrogens with one attached hydrogen (secondary N) is 2. The van der Waals surface area contributed by atoms with Crippen molar-refractivity contribution in [1.29, 1.82) is 0 Å². The van der Waals surface area contributed by atoms with Crippen molar-refractivity contribution in [3.63, 3.8) is 0 Å². The van der Waals surface area contributed by atoms with Crippen LogP contribution in [0.1, 0.15) is 64.9 Å². The van der Waals surface area contributed by atoms with Crippen LogP contribution in [-0.2, 0) is 10.2 Å². The van der Waals surface area contributed by atoms with Crippen molar-refractivity contribution in [2.24, 2.45) is 17.8 Å². The zero-order chi connectivity index (χ0) is 24.7. The lowest BCUT2D eigenvalue weighted by Gasteiger charge is -2.57. The Kier molecular flexibility index (Phi) is 6.04. The molecule has 0 radical (unpaired) electrons. The van der Waals surface area contributed by atoms with E-state index in [2.05, 4.69) is 22.8 Å². The van der Waals surface area contributed by atoms with Gasteiger partial charge in [-0.3, -0.25) is 9.59 Å². The lowest BCUT2D eigenvalue weighted by Crippen LogP contribution is -2.48. The van der Waals surface area contributed by atoms with Gasteiger partial charge in [-0.25, -0.2) is 0 Å². The van der Waals surface area contributed by atoms with E-state index in [0.29, 0.717) is 11.0 Å². The number of carbonyl (C=O) groups is 2. The first-order valence-corrected chi connectivity index (χ1v) is 13.9. The molecule has 7 rings (SSSR count). The Hall–Kier alpha value is -3.18. The highest BCUT2D eigenvalue weighted by atomic mass is 32.1. The Morgan fingerprint density at radius 3 is 2.11 bits per heavy atom. The van der Waals surface area contributed by atoms with Gasteiger partial charge in [-0.05, 0) is 116 Å². The summed E-state index contributed by atoms with van der Waals surface area (Å²) in [6.45, 7) is 1.98. The van der Waals surface area contributed by atoms with Crippen LogP contribution in [0, 0.1) is 24.7 Å². The third-order valence-electron chi connectivity index (χ3n) is 8.43. The molecule has 2 amide bonds. The summed E-state index contributed by atoms with van der Waals surface area (Å²) in [5.74, 6) is 2.07. The predicted molar refractivity (Wildman–Crippen MR) is 146 cm³/mol. The number of amides is 2. The van der Waals surface area contributed by atoms with E-state index < -0.39 is 0 Å². The number of rotatable bonds is 6. The fraction of sp³-hybridized carbons (Fsp3) is 0.355. The zero-order valence-electron chi connectivity index (χ0n) is 20.6. The molecular weight excluding hydrogens is 464 g/mol. The van der Waals surface area contributed by atoms with Gasteiger partial charge in [-0.2, -0.15) is 0 Å². The van der Waals surface area contributed by atoms with Crippen molar-refractivity contribution >= 4 is 34.9 Å². The standard InChI is InChI=1S/C31H32N2O2S/c1-20-4-6-24(7-5-20)29(34)33-28(16-27-3-2-12-36-27)30(35)32-26-10-8-25(9-11-26)31-17-21-13-22(18-31)15-23(14-21)19-31/h2-12,16,21-23H,13-15,17-19H2,1H3,(H,32,35)(H,33,34)/b28-16-. The number of anilines is 1. The van der Waals surface area contributed by atoms with Gasteiger partial charge >= 0.3 is 0 Å². The van der Waals surface area contributed by atoms with Crippen LogP contribution in [0.4, 0.5) is 5.69 Å². The maximum Gasteiger partial charge on any atom is 0.272 e. The summed E-state index contributed by atoms with van der Waals surface area (Å²) in [6, 6.07) is 19.7. The molecule has 2 N–H and O–H groups in total. The van der Waals surface area contributed by atoms with Gasteiger partial charge in [0, 0.05) is 16.1 Å². The van der Waals surface area contributed by atoms with E-state index in [1.54, 1.807) is 18.2 Å². The van der Waals surface area contributed by atoms with Crippen molar-refractivity contribution in [3.05, 3.63) is 93.3 Å². The average Bonchev–Trinajstić information content (AvgIpc) is 3.37. The van der Waals surface area contributed by atoms with Crippen LogP contribution < -0.4 is 10.6 Å². The number of hydrogen-bond acceptors (Lipinski definition) is 3. The molecule has 184 valence electrons. The third kappa shape index (κ3) is 4.64. The minimum Gasteiger partial charge on any atom is -0.321 e. The van der Waals surface area contributed by atoms with Gasteiger partial charge in [0.15, 0.2) is 0 Å². The predicted octanol–water partition coefficient (Wildman–Crippen LogP) is 6.93. The lowest BCUT2D eigenvalue weighted by atomic mass is 9.48. The number of carbonyl (C=O) groups excluding carboxylic acids is 2. The molecule has 4 aliphatic carbocycles. The van der Waals surface area contributed by atoms with Gasteiger partial charge in [-0.15, -0.1) is 11.3 Å². The largest absolute Gasteiger partial charge is 0.321 e. The smallest absolute Gasteiger partial charge is 0.272 e. The molecule has 1 heterocycles. The number of benzene rings is 2. The van der Waals surface area contributed by atoms with Crippen LogP contribution in [0.25, 0.3) is 6.08 Å². The summed E-state index contributed by atoms with van der Waals surface area (Å²) in [4.78, 5) is 27.1. The first-order valence-electron chi connectivity index (χ1n) is 13.0. The van der Waals surface area contributed by atoms with E-state index in [9.17, 15) is 9.59 Å². The topological polar surface area (TPSA) is 58.2 Å². The summed E-state index contributed by atoms with van der Waals surface area (Å²) in [5, 5.41) is 7.78. The van der Waals surface area contributed by atoms with Gasteiger partial charge in [0.1, 0.15) is 5.70 Å². The molecule has 4 bridgehead atoms. The third-order valence-corrected chi connectivity index (χ3v) is 9.25. The van der Waals surface area contributed by atoms with Crippen molar-refractivity contribution in [2.45, 2.75) is 50.9 Å². The molecule has 0 spiro atoms. The highest BCUT2D eigenvalue weighted by Crippen LogP contribution is 2.60. The fourth-order valence-corrected chi connectivity index (χ4v) is 7.80. The molecule has 36 heavy (non-hydrogen) atoms. The Balaban J connectivity index is 1.19. The number of hydrogen-bond donors (Lipinski definition) is 2.